The van der Waals surface area contributed by atoms with Gasteiger partial charge in [0.15, 0.2) is 0 Å². The Labute approximate surface area is 76.8 Å². The number of hydrazine groups is 1. The van der Waals surface area contributed by atoms with Gasteiger partial charge >= 0.3 is 0 Å². The fraction of sp³-hybridized carbons (Fsp3) is 0.250. The highest BCUT2D eigenvalue weighted by molar-refractivity contribution is 5.77. The maximum absolute atomic E-state index is 5.41. The second kappa shape index (κ2) is 4.42. The van der Waals surface area contributed by atoms with Crippen LogP contribution >= 0.6 is 0 Å². The fourth-order valence-corrected chi connectivity index (χ4v) is 0.962. The molecule has 0 fully saturated rings. The molecule has 0 aliphatic rings. The lowest BCUT2D eigenvalue weighted by molar-refractivity contribution is 0.799. The van der Waals surface area contributed by atoms with E-state index in [-0.39, 0.29) is 12.0 Å². The van der Waals surface area contributed by atoms with Gasteiger partial charge in [-0.15, -0.1) is 0 Å². The number of nitrogens with two attached hydrogens (primary N) is 2. The number of nitrogens with one attached hydrogen (secondary N) is 1. The van der Waals surface area contributed by atoms with Gasteiger partial charge in [0.05, 0.1) is 6.04 Å². The smallest absolute Gasteiger partial charge is 0.203 e. The van der Waals surface area contributed by atoms with E-state index in [4.69, 9.17) is 11.6 Å². The van der Waals surface area contributed by atoms with Crippen molar-refractivity contribution in [2.45, 2.75) is 13.0 Å². The van der Waals surface area contributed by atoms with Crippen LogP contribution in [-0.2, 0) is 0 Å². The van der Waals surface area contributed by atoms with Crippen molar-refractivity contribution in [1.82, 2.24) is 10.4 Å². The Morgan fingerprint density at radius 1 is 1.54 bits per heavy atom. The minimum absolute atomic E-state index is 0.0148. The average molecular weight is 179 g/mol. The van der Waals surface area contributed by atoms with Crippen LogP contribution in [0.4, 0.5) is 0 Å². The van der Waals surface area contributed by atoms with Crippen LogP contribution in [0.3, 0.4) is 0 Å². The summed E-state index contributed by atoms with van der Waals surface area (Å²) in [6.45, 7) is 1.93. The van der Waals surface area contributed by atoms with Gasteiger partial charge in [0.25, 0.3) is 0 Å². The van der Waals surface area contributed by atoms with Gasteiger partial charge in [-0.05, 0) is 24.6 Å². The molecule has 1 heterocycles. The molecule has 0 aliphatic carbocycles. The van der Waals surface area contributed by atoms with Gasteiger partial charge in [0.2, 0.25) is 5.96 Å². The van der Waals surface area contributed by atoms with Crippen LogP contribution in [0, 0.1) is 0 Å². The van der Waals surface area contributed by atoms with Gasteiger partial charge in [-0.1, -0.05) is 0 Å². The largest absolute Gasteiger partial charge is 0.369 e. The molecule has 1 atom stereocenters. The first kappa shape index (κ1) is 9.47. The maximum Gasteiger partial charge on any atom is 0.203 e. The summed E-state index contributed by atoms with van der Waals surface area (Å²) in [5.74, 6) is 5.31. The zero-order chi connectivity index (χ0) is 9.68. The van der Waals surface area contributed by atoms with Crippen molar-refractivity contribution in [1.29, 1.82) is 0 Å². The van der Waals surface area contributed by atoms with Crippen LogP contribution in [0.2, 0.25) is 0 Å². The summed E-state index contributed by atoms with van der Waals surface area (Å²) >= 11 is 0. The molecule has 0 saturated heterocycles. The van der Waals surface area contributed by atoms with Crippen LogP contribution in [-0.4, -0.2) is 10.9 Å². The molecule has 5 N–H and O–H groups in total. The predicted molar refractivity (Wildman–Crippen MR) is 51.6 cm³/mol. The molecule has 0 bridgehead atoms. The minimum Gasteiger partial charge on any atom is -0.369 e. The summed E-state index contributed by atoms with van der Waals surface area (Å²) in [6, 6.07) is 3.76. The summed E-state index contributed by atoms with van der Waals surface area (Å²) < 4.78 is 0. The number of hydrogen-bond donors (Lipinski definition) is 3. The molecule has 13 heavy (non-hydrogen) atoms. The normalized spacial score (nSPS) is 13.8. The Hall–Kier alpha value is -1.62. The molecule has 0 aliphatic heterocycles. The maximum atomic E-state index is 5.41. The first-order valence-electron chi connectivity index (χ1n) is 3.94. The number of aliphatic imine (C=N–C) groups is 1. The number of nitrogens with zero attached hydrogens (tertiary/aromatic N) is 2. The summed E-state index contributed by atoms with van der Waals surface area (Å²) in [5.41, 5.74) is 8.74. The number of pyridine rings is 1. The summed E-state index contributed by atoms with van der Waals surface area (Å²) in [7, 11) is 0. The average Bonchev–Trinajstić information content (AvgIpc) is 2.19. The van der Waals surface area contributed by atoms with Crippen molar-refractivity contribution in [2.75, 3.05) is 0 Å². The van der Waals surface area contributed by atoms with E-state index in [1.54, 1.807) is 12.4 Å². The van der Waals surface area contributed by atoms with Crippen molar-refractivity contribution in [2.24, 2.45) is 16.6 Å². The molecule has 70 valence electrons. The Morgan fingerprint density at radius 3 is 2.69 bits per heavy atom. The van der Waals surface area contributed by atoms with Crippen LogP contribution in [0.25, 0.3) is 0 Å². The number of rotatable bonds is 2. The fourth-order valence-electron chi connectivity index (χ4n) is 0.962. The van der Waals surface area contributed by atoms with Gasteiger partial charge in [-0.25, -0.2) is 10.8 Å². The van der Waals surface area contributed by atoms with Crippen molar-refractivity contribution < 1.29 is 0 Å². The molecule has 1 unspecified atom stereocenters. The van der Waals surface area contributed by atoms with Crippen LogP contribution < -0.4 is 17.0 Å². The SMILES string of the molecule is CC(N=C(N)NN)c1ccncc1. The van der Waals surface area contributed by atoms with Gasteiger partial charge in [0, 0.05) is 12.4 Å². The molecule has 1 aromatic rings. The quantitative estimate of drug-likeness (QED) is 0.256. The van der Waals surface area contributed by atoms with Gasteiger partial charge in [-0.3, -0.25) is 10.4 Å². The topological polar surface area (TPSA) is 89.3 Å². The molecule has 1 aromatic heterocycles. The Kier molecular flexibility index (Phi) is 3.22. The van der Waals surface area contributed by atoms with Gasteiger partial charge in [0.1, 0.15) is 0 Å². The Balaban J connectivity index is 2.75. The molecular weight excluding hydrogens is 166 g/mol. The molecule has 0 saturated carbocycles. The lowest BCUT2D eigenvalue weighted by Gasteiger charge is -2.07. The molecule has 1 rings (SSSR count). The van der Waals surface area contributed by atoms with Crippen molar-refractivity contribution >= 4 is 5.96 Å². The standard InChI is InChI=1S/C8H13N5/c1-6(12-8(9)13-10)7-2-4-11-5-3-7/h2-6H,10H2,1H3,(H3,9,12,13). The number of hydrogen-bond acceptors (Lipinski definition) is 3. The molecule has 0 spiro atoms. The minimum atomic E-state index is -0.0148. The van der Waals surface area contributed by atoms with Crippen molar-refractivity contribution in [3.05, 3.63) is 30.1 Å². The molecule has 0 aromatic carbocycles. The lowest BCUT2D eigenvalue weighted by Crippen LogP contribution is -2.37. The summed E-state index contributed by atoms with van der Waals surface area (Å²) in [4.78, 5) is 8.00. The zero-order valence-corrected chi connectivity index (χ0v) is 7.44. The molecule has 5 heteroatoms. The van der Waals surface area contributed by atoms with E-state index in [0.717, 1.165) is 5.56 Å². The van der Waals surface area contributed by atoms with E-state index in [0.29, 0.717) is 0 Å². The third kappa shape index (κ3) is 2.72. The summed E-state index contributed by atoms with van der Waals surface area (Å²) in [6.07, 6.45) is 3.43. The van der Waals surface area contributed by atoms with E-state index < -0.39 is 0 Å². The third-order valence-corrected chi connectivity index (χ3v) is 1.67. The Bertz CT molecular complexity index is 282. The van der Waals surface area contributed by atoms with E-state index in [9.17, 15) is 0 Å². The van der Waals surface area contributed by atoms with Crippen LogP contribution in [0.5, 0.6) is 0 Å². The van der Waals surface area contributed by atoms with Crippen molar-refractivity contribution in [3.8, 4) is 0 Å². The second-order valence-electron chi connectivity index (χ2n) is 2.62. The van der Waals surface area contributed by atoms with Gasteiger partial charge in [-0.2, -0.15) is 0 Å². The highest BCUT2D eigenvalue weighted by atomic mass is 15.3. The van der Waals surface area contributed by atoms with E-state index in [1.165, 1.54) is 0 Å². The van der Waals surface area contributed by atoms with Crippen LogP contribution in [0.1, 0.15) is 18.5 Å². The highest BCUT2D eigenvalue weighted by Gasteiger charge is 2.02. The van der Waals surface area contributed by atoms with E-state index >= 15 is 0 Å². The monoisotopic (exact) mass is 179 g/mol. The van der Waals surface area contributed by atoms with Gasteiger partial charge < -0.3 is 5.73 Å². The molecule has 5 nitrogen and oxygen atoms in total. The number of guanidine groups is 1. The highest BCUT2D eigenvalue weighted by Crippen LogP contribution is 2.14. The molecular formula is C8H13N5. The van der Waals surface area contributed by atoms with Crippen molar-refractivity contribution in [3.63, 3.8) is 0 Å². The zero-order valence-electron chi connectivity index (χ0n) is 7.44. The summed E-state index contributed by atoms with van der Waals surface area (Å²) in [5, 5.41) is 0. The number of aromatic nitrogens is 1. The lowest BCUT2D eigenvalue weighted by atomic mass is 10.1. The molecule has 0 amide bonds. The second-order valence-corrected chi connectivity index (χ2v) is 2.62. The first-order valence-corrected chi connectivity index (χ1v) is 3.94. The first-order chi connectivity index (χ1) is 6.24. The van der Waals surface area contributed by atoms with E-state index in [1.807, 2.05) is 19.1 Å². The molecule has 0 radical (unpaired) electrons. The Morgan fingerprint density at radius 2 is 2.15 bits per heavy atom. The van der Waals surface area contributed by atoms with Crippen LogP contribution in [0.15, 0.2) is 29.5 Å². The van der Waals surface area contributed by atoms with E-state index in [2.05, 4.69) is 15.4 Å². The predicted octanol–water partition coefficient (Wildman–Crippen LogP) is -0.0794. The third-order valence-electron chi connectivity index (χ3n) is 1.67.